The van der Waals surface area contributed by atoms with Gasteiger partial charge in [0.2, 0.25) is 0 Å². The molecule has 5 heteroatoms. The highest BCUT2D eigenvalue weighted by Crippen LogP contribution is 2.29. The molecule has 0 atom stereocenters. The van der Waals surface area contributed by atoms with E-state index in [0.717, 1.165) is 19.6 Å². The molecule has 0 radical (unpaired) electrons. The number of aromatic nitrogens is 1. The zero-order valence-electron chi connectivity index (χ0n) is 9.37. The molecule has 0 saturated carbocycles. The first-order chi connectivity index (χ1) is 7.92. The lowest BCUT2D eigenvalue weighted by molar-refractivity contribution is 0.233. The van der Waals surface area contributed by atoms with Crippen molar-refractivity contribution in [1.82, 2.24) is 15.2 Å². The molecule has 3 heterocycles. The van der Waals surface area contributed by atoms with Crippen LogP contribution in [0.1, 0.15) is 15.6 Å². The summed E-state index contributed by atoms with van der Waals surface area (Å²) >= 11 is 3.98. The Morgan fingerprint density at radius 3 is 3.00 bits per heavy atom. The summed E-state index contributed by atoms with van der Waals surface area (Å²) in [6.45, 7) is 5.64. The maximum atomic E-state index is 4.79. The summed E-state index contributed by atoms with van der Waals surface area (Å²) in [5, 5.41) is 4.72. The largest absolute Gasteiger partial charge is 0.314 e. The third-order valence-corrected chi connectivity index (χ3v) is 5.36. The standard InChI is InChI=1S/C11H17N3S2/c1-6-15-8-10-9(1)13-11(16-10)7-14-4-2-12-3-5-14/h12H,1-8H2. The number of fused-ring (bicyclic) bond motifs is 1. The topological polar surface area (TPSA) is 28.2 Å². The van der Waals surface area contributed by atoms with E-state index in [1.54, 1.807) is 0 Å². The molecule has 1 saturated heterocycles. The van der Waals surface area contributed by atoms with E-state index in [1.807, 2.05) is 23.1 Å². The van der Waals surface area contributed by atoms with Gasteiger partial charge in [-0.3, -0.25) is 4.90 Å². The molecule has 0 bridgehead atoms. The Balaban J connectivity index is 1.67. The average Bonchev–Trinajstić information content (AvgIpc) is 2.72. The van der Waals surface area contributed by atoms with Crippen molar-refractivity contribution in [3.05, 3.63) is 15.6 Å². The van der Waals surface area contributed by atoms with Crippen molar-refractivity contribution in [3.8, 4) is 0 Å². The van der Waals surface area contributed by atoms with Crippen LogP contribution in [0.5, 0.6) is 0 Å². The third kappa shape index (κ3) is 2.42. The summed E-state index contributed by atoms with van der Waals surface area (Å²) in [4.78, 5) is 8.82. The van der Waals surface area contributed by atoms with Gasteiger partial charge in [-0.05, 0) is 12.2 Å². The fourth-order valence-electron chi connectivity index (χ4n) is 2.21. The summed E-state index contributed by atoms with van der Waals surface area (Å²) in [5.74, 6) is 2.44. The second-order valence-electron chi connectivity index (χ2n) is 4.31. The maximum absolute atomic E-state index is 4.79. The van der Waals surface area contributed by atoms with Gasteiger partial charge in [-0.15, -0.1) is 11.3 Å². The summed E-state index contributed by atoms with van der Waals surface area (Å²) in [6.07, 6.45) is 1.18. The molecule has 0 aliphatic carbocycles. The molecule has 3 rings (SSSR count). The summed E-state index contributed by atoms with van der Waals surface area (Å²) in [7, 11) is 0. The highest BCUT2D eigenvalue weighted by atomic mass is 32.2. The van der Waals surface area contributed by atoms with Crippen molar-refractivity contribution in [2.24, 2.45) is 0 Å². The highest BCUT2D eigenvalue weighted by molar-refractivity contribution is 7.98. The third-order valence-electron chi connectivity index (χ3n) is 3.11. The minimum absolute atomic E-state index is 1.06. The fourth-order valence-corrected chi connectivity index (χ4v) is 4.48. The van der Waals surface area contributed by atoms with Crippen LogP contribution in [0, 0.1) is 0 Å². The Morgan fingerprint density at radius 2 is 2.19 bits per heavy atom. The van der Waals surface area contributed by atoms with Crippen molar-refractivity contribution in [2.45, 2.75) is 18.7 Å². The molecule has 88 valence electrons. The predicted octanol–water partition coefficient (Wildman–Crippen LogP) is 1.34. The SMILES string of the molecule is C1CN(Cc2nc3c(s2)CSCC3)CCN1. The molecule has 1 fully saturated rings. The molecule has 2 aliphatic heterocycles. The Morgan fingerprint density at radius 1 is 1.31 bits per heavy atom. The summed E-state index contributed by atoms with van der Waals surface area (Å²) in [5.41, 5.74) is 1.38. The van der Waals surface area contributed by atoms with Crippen LogP contribution in [-0.2, 0) is 18.7 Å². The molecule has 2 aliphatic rings. The van der Waals surface area contributed by atoms with Gasteiger partial charge in [0.15, 0.2) is 0 Å². The van der Waals surface area contributed by atoms with Crippen LogP contribution in [0.3, 0.4) is 0 Å². The predicted molar refractivity (Wildman–Crippen MR) is 70.1 cm³/mol. The molecule has 16 heavy (non-hydrogen) atoms. The lowest BCUT2D eigenvalue weighted by atomic mass is 10.3. The first-order valence-electron chi connectivity index (χ1n) is 5.90. The second kappa shape index (κ2) is 5.04. The van der Waals surface area contributed by atoms with Gasteiger partial charge in [0.25, 0.3) is 0 Å². The van der Waals surface area contributed by atoms with Crippen molar-refractivity contribution in [2.75, 3.05) is 31.9 Å². The number of piperazine rings is 1. The molecule has 1 aromatic rings. The average molecular weight is 255 g/mol. The van der Waals surface area contributed by atoms with Gasteiger partial charge >= 0.3 is 0 Å². The minimum Gasteiger partial charge on any atom is -0.314 e. The molecule has 1 aromatic heterocycles. The van der Waals surface area contributed by atoms with Gasteiger partial charge in [0.1, 0.15) is 5.01 Å². The van der Waals surface area contributed by atoms with Crippen LogP contribution in [0.2, 0.25) is 0 Å². The van der Waals surface area contributed by atoms with Crippen LogP contribution in [0.4, 0.5) is 0 Å². The van der Waals surface area contributed by atoms with E-state index in [2.05, 4.69) is 10.2 Å². The molecule has 0 unspecified atom stereocenters. The molecular weight excluding hydrogens is 238 g/mol. The van der Waals surface area contributed by atoms with E-state index in [0.29, 0.717) is 0 Å². The van der Waals surface area contributed by atoms with Crippen LogP contribution in [-0.4, -0.2) is 41.8 Å². The number of nitrogens with zero attached hydrogens (tertiary/aromatic N) is 2. The van der Waals surface area contributed by atoms with Crippen molar-refractivity contribution in [3.63, 3.8) is 0 Å². The summed E-state index contributed by atoms with van der Waals surface area (Å²) < 4.78 is 0. The molecule has 0 aromatic carbocycles. The van der Waals surface area contributed by atoms with Crippen LogP contribution >= 0.6 is 23.1 Å². The molecular formula is C11H17N3S2. The van der Waals surface area contributed by atoms with Crippen molar-refractivity contribution >= 4 is 23.1 Å². The Kier molecular flexibility index (Phi) is 3.47. The first-order valence-corrected chi connectivity index (χ1v) is 7.87. The van der Waals surface area contributed by atoms with Gasteiger partial charge in [0.05, 0.1) is 12.2 Å². The zero-order chi connectivity index (χ0) is 10.8. The number of rotatable bonds is 2. The Hall–Kier alpha value is -0.100. The molecule has 1 N–H and O–H groups in total. The summed E-state index contributed by atoms with van der Waals surface area (Å²) in [6, 6.07) is 0. The number of thioether (sulfide) groups is 1. The smallest absolute Gasteiger partial charge is 0.107 e. The quantitative estimate of drug-likeness (QED) is 0.863. The van der Waals surface area contributed by atoms with Crippen molar-refractivity contribution in [1.29, 1.82) is 0 Å². The zero-order valence-corrected chi connectivity index (χ0v) is 11.0. The molecule has 3 nitrogen and oxygen atoms in total. The molecule has 0 spiro atoms. The lowest BCUT2D eigenvalue weighted by Crippen LogP contribution is -2.42. The van der Waals surface area contributed by atoms with Gasteiger partial charge in [-0.2, -0.15) is 11.8 Å². The Labute approximate surface area is 105 Å². The van der Waals surface area contributed by atoms with Crippen LogP contribution in [0.25, 0.3) is 0 Å². The fraction of sp³-hybridized carbons (Fsp3) is 0.727. The monoisotopic (exact) mass is 255 g/mol. The maximum Gasteiger partial charge on any atom is 0.107 e. The van der Waals surface area contributed by atoms with E-state index in [4.69, 9.17) is 4.98 Å². The van der Waals surface area contributed by atoms with E-state index in [9.17, 15) is 0 Å². The number of hydrogen-bond acceptors (Lipinski definition) is 5. The van der Waals surface area contributed by atoms with Gasteiger partial charge < -0.3 is 5.32 Å². The van der Waals surface area contributed by atoms with Crippen LogP contribution < -0.4 is 5.32 Å². The highest BCUT2D eigenvalue weighted by Gasteiger charge is 2.17. The van der Waals surface area contributed by atoms with Gasteiger partial charge in [-0.25, -0.2) is 4.98 Å². The molecule has 0 amide bonds. The van der Waals surface area contributed by atoms with E-state index in [1.165, 1.54) is 46.6 Å². The first kappa shape index (κ1) is 11.0. The Bertz CT molecular complexity index is 335. The van der Waals surface area contributed by atoms with Gasteiger partial charge in [0, 0.05) is 36.8 Å². The number of hydrogen-bond donors (Lipinski definition) is 1. The van der Waals surface area contributed by atoms with E-state index < -0.39 is 0 Å². The van der Waals surface area contributed by atoms with E-state index >= 15 is 0 Å². The van der Waals surface area contributed by atoms with Crippen LogP contribution in [0.15, 0.2) is 0 Å². The minimum atomic E-state index is 1.06. The van der Waals surface area contributed by atoms with Crippen molar-refractivity contribution < 1.29 is 0 Å². The lowest BCUT2D eigenvalue weighted by Gasteiger charge is -2.26. The number of aryl methyl sites for hydroxylation is 1. The normalized spacial score (nSPS) is 22.0. The number of thiazole rings is 1. The number of nitrogens with one attached hydrogen (secondary N) is 1. The van der Waals surface area contributed by atoms with Gasteiger partial charge in [-0.1, -0.05) is 0 Å². The van der Waals surface area contributed by atoms with E-state index in [-0.39, 0.29) is 0 Å². The second-order valence-corrected chi connectivity index (χ2v) is 6.58.